The lowest BCUT2D eigenvalue weighted by Gasteiger charge is -2.37. The third kappa shape index (κ3) is 4.81. The fraction of sp³-hybridized carbons (Fsp3) is 0.316. The van der Waals surface area contributed by atoms with Crippen LogP contribution >= 0.6 is 15.9 Å². The summed E-state index contributed by atoms with van der Waals surface area (Å²) in [5, 5.41) is 0. The number of piperazine rings is 1. The predicted molar refractivity (Wildman–Crippen MR) is 112 cm³/mol. The summed E-state index contributed by atoms with van der Waals surface area (Å²) in [4.78, 5) is 16.7. The van der Waals surface area contributed by atoms with Crippen LogP contribution in [0.5, 0.6) is 0 Å². The highest BCUT2D eigenvalue weighted by Crippen LogP contribution is 2.27. The topological polar surface area (TPSA) is 60.9 Å². The van der Waals surface area contributed by atoms with Crippen LogP contribution < -0.4 is 9.21 Å². The summed E-state index contributed by atoms with van der Waals surface area (Å²) in [6.45, 7) is 2.39. The van der Waals surface area contributed by atoms with E-state index in [0.717, 1.165) is 29.3 Å². The monoisotopic (exact) mass is 451 g/mol. The Morgan fingerprint density at radius 3 is 2.19 bits per heavy atom. The first kappa shape index (κ1) is 19.7. The van der Waals surface area contributed by atoms with Crippen LogP contribution in [0.4, 0.5) is 11.4 Å². The second-order valence-corrected chi connectivity index (χ2v) is 9.19. The summed E-state index contributed by atoms with van der Waals surface area (Å²) in [7, 11) is -3.58. The zero-order valence-electron chi connectivity index (χ0n) is 15.1. The number of nitrogens with zero attached hydrogens (tertiary/aromatic N) is 3. The van der Waals surface area contributed by atoms with Gasteiger partial charge in [-0.3, -0.25) is 9.10 Å². The zero-order valence-corrected chi connectivity index (χ0v) is 17.5. The maximum atomic E-state index is 12.8. The van der Waals surface area contributed by atoms with E-state index in [1.165, 1.54) is 0 Å². The van der Waals surface area contributed by atoms with Crippen LogP contribution in [0.2, 0.25) is 0 Å². The number of anilines is 2. The van der Waals surface area contributed by atoms with Gasteiger partial charge >= 0.3 is 0 Å². The summed E-state index contributed by atoms with van der Waals surface area (Å²) in [5.74, 6) is -0.191. The van der Waals surface area contributed by atoms with Crippen LogP contribution in [0.3, 0.4) is 0 Å². The average molecular weight is 452 g/mol. The fourth-order valence-electron chi connectivity index (χ4n) is 3.11. The van der Waals surface area contributed by atoms with Crippen LogP contribution in [0.25, 0.3) is 0 Å². The molecule has 0 bridgehead atoms. The normalized spacial score (nSPS) is 14.9. The number of hydrogen-bond donors (Lipinski definition) is 0. The van der Waals surface area contributed by atoms with Gasteiger partial charge in [0.25, 0.3) is 0 Å². The quantitative estimate of drug-likeness (QED) is 0.700. The van der Waals surface area contributed by atoms with E-state index in [1.54, 1.807) is 29.2 Å². The molecule has 2 aromatic carbocycles. The number of hydrogen-bond acceptors (Lipinski definition) is 4. The molecule has 0 saturated carbocycles. The van der Waals surface area contributed by atoms with E-state index < -0.39 is 10.0 Å². The van der Waals surface area contributed by atoms with Crippen molar-refractivity contribution in [2.75, 3.05) is 48.2 Å². The summed E-state index contributed by atoms with van der Waals surface area (Å²) in [6, 6.07) is 17.1. The molecular weight excluding hydrogens is 430 g/mol. The number of sulfonamides is 1. The average Bonchev–Trinajstić information content (AvgIpc) is 2.66. The van der Waals surface area contributed by atoms with Crippen molar-refractivity contribution >= 4 is 43.2 Å². The van der Waals surface area contributed by atoms with E-state index >= 15 is 0 Å². The van der Waals surface area contributed by atoms with Crippen molar-refractivity contribution in [1.29, 1.82) is 0 Å². The second kappa shape index (κ2) is 8.31. The van der Waals surface area contributed by atoms with Crippen molar-refractivity contribution in [3.8, 4) is 0 Å². The first-order valence-electron chi connectivity index (χ1n) is 8.66. The van der Waals surface area contributed by atoms with Gasteiger partial charge in [-0.05, 0) is 40.2 Å². The Bertz CT molecular complexity index is 897. The number of benzene rings is 2. The number of carbonyl (C=O) groups is 1. The number of rotatable bonds is 5. The Morgan fingerprint density at radius 1 is 1.00 bits per heavy atom. The molecule has 8 heteroatoms. The molecule has 1 saturated heterocycles. The molecule has 0 aromatic heterocycles. The number of halogens is 1. The molecule has 27 heavy (non-hydrogen) atoms. The van der Waals surface area contributed by atoms with Gasteiger partial charge in [0.15, 0.2) is 0 Å². The molecule has 1 fully saturated rings. The largest absolute Gasteiger partial charge is 0.368 e. The fourth-order valence-corrected chi connectivity index (χ4v) is 4.59. The standard InChI is InChI=1S/C19H22BrN3O3S/c1-27(25,26)23(18-10-6-5-9-17(18)20)15-19(24)22-13-11-21(12-14-22)16-7-3-2-4-8-16/h2-10H,11-15H2,1H3. The molecule has 6 nitrogen and oxygen atoms in total. The highest BCUT2D eigenvalue weighted by molar-refractivity contribution is 9.10. The van der Waals surface area contributed by atoms with E-state index in [1.807, 2.05) is 18.2 Å². The highest BCUT2D eigenvalue weighted by Gasteiger charge is 2.27. The third-order valence-electron chi connectivity index (χ3n) is 4.55. The molecule has 0 spiro atoms. The van der Waals surface area contributed by atoms with Crippen LogP contribution in [0.15, 0.2) is 59.1 Å². The van der Waals surface area contributed by atoms with Gasteiger partial charge in [-0.2, -0.15) is 0 Å². The van der Waals surface area contributed by atoms with Gasteiger partial charge in [-0.1, -0.05) is 30.3 Å². The van der Waals surface area contributed by atoms with Gasteiger partial charge in [0, 0.05) is 36.3 Å². The predicted octanol–water partition coefficient (Wildman–Crippen LogP) is 2.56. The van der Waals surface area contributed by atoms with Gasteiger partial charge < -0.3 is 9.80 Å². The smallest absolute Gasteiger partial charge is 0.243 e. The Balaban J connectivity index is 1.68. The second-order valence-electron chi connectivity index (χ2n) is 6.42. The van der Waals surface area contributed by atoms with E-state index in [-0.39, 0.29) is 12.5 Å². The van der Waals surface area contributed by atoms with Gasteiger partial charge in [-0.15, -0.1) is 0 Å². The van der Waals surface area contributed by atoms with E-state index in [4.69, 9.17) is 0 Å². The maximum absolute atomic E-state index is 12.8. The van der Waals surface area contributed by atoms with Crippen molar-refractivity contribution < 1.29 is 13.2 Å². The minimum Gasteiger partial charge on any atom is -0.368 e. The molecule has 0 radical (unpaired) electrons. The lowest BCUT2D eigenvalue weighted by atomic mass is 10.2. The SMILES string of the molecule is CS(=O)(=O)N(CC(=O)N1CCN(c2ccccc2)CC1)c1ccccc1Br. The Labute approximate surface area is 168 Å². The minimum absolute atomic E-state index is 0.191. The van der Waals surface area contributed by atoms with Crippen LogP contribution in [-0.4, -0.2) is 58.2 Å². The zero-order chi connectivity index (χ0) is 19.4. The van der Waals surface area contributed by atoms with Crippen LogP contribution in [-0.2, 0) is 14.8 Å². The lowest BCUT2D eigenvalue weighted by molar-refractivity contribution is -0.129. The van der Waals surface area contributed by atoms with E-state index in [9.17, 15) is 13.2 Å². The molecule has 1 aliphatic heterocycles. The molecule has 2 aromatic rings. The van der Waals surface area contributed by atoms with Crippen molar-refractivity contribution in [2.45, 2.75) is 0 Å². The minimum atomic E-state index is -3.58. The van der Waals surface area contributed by atoms with E-state index in [0.29, 0.717) is 23.2 Å². The Hall–Kier alpha value is -2.06. The van der Waals surface area contributed by atoms with Crippen LogP contribution in [0.1, 0.15) is 0 Å². The number of carbonyl (C=O) groups excluding carboxylic acids is 1. The van der Waals surface area contributed by atoms with Crippen molar-refractivity contribution in [3.63, 3.8) is 0 Å². The first-order valence-corrected chi connectivity index (χ1v) is 11.3. The van der Waals surface area contributed by atoms with Crippen LogP contribution in [0, 0.1) is 0 Å². The molecule has 0 atom stereocenters. The van der Waals surface area contributed by atoms with Crippen molar-refractivity contribution in [1.82, 2.24) is 4.90 Å². The Morgan fingerprint density at radius 2 is 1.59 bits per heavy atom. The third-order valence-corrected chi connectivity index (χ3v) is 6.35. The molecule has 1 amide bonds. The summed E-state index contributed by atoms with van der Waals surface area (Å²) >= 11 is 3.37. The van der Waals surface area contributed by atoms with Gasteiger partial charge in [0.1, 0.15) is 6.54 Å². The maximum Gasteiger partial charge on any atom is 0.243 e. The molecule has 0 aliphatic carbocycles. The lowest BCUT2D eigenvalue weighted by Crippen LogP contribution is -2.52. The first-order chi connectivity index (χ1) is 12.9. The molecule has 3 rings (SSSR count). The molecule has 1 aliphatic rings. The van der Waals surface area contributed by atoms with Crippen molar-refractivity contribution in [3.05, 3.63) is 59.1 Å². The summed E-state index contributed by atoms with van der Waals surface area (Å²) in [5.41, 5.74) is 1.60. The molecule has 1 heterocycles. The Kier molecular flexibility index (Phi) is 6.06. The van der Waals surface area contributed by atoms with Gasteiger partial charge in [0.05, 0.1) is 11.9 Å². The molecule has 0 N–H and O–H groups in total. The summed E-state index contributed by atoms with van der Waals surface area (Å²) in [6.07, 6.45) is 1.12. The number of para-hydroxylation sites is 2. The highest BCUT2D eigenvalue weighted by atomic mass is 79.9. The van der Waals surface area contributed by atoms with E-state index in [2.05, 4.69) is 33.0 Å². The van der Waals surface area contributed by atoms with Gasteiger partial charge in [-0.25, -0.2) is 8.42 Å². The summed E-state index contributed by atoms with van der Waals surface area (Å²) < 4.78 is 26.3. The van der Waals surface area contributed by atoms with Crippen molar-refractivity contribution in [2.24, 2.45) is 0 Å². The number of amides is 1. The molecular formula is C19H22BrN3O3S. The molecule has 0 unspecified atom stereocenters. The van der Waals surface area contributed by atoms with Gasteiger partial charge in [0.2, 0.25) is 15.9 Å². The molecule has 144 valence electrons.